The van der Waals surface area contributed by atoms with Gasteiger partial charge in [0.05, 0.1) is 13.5 Å². The lowest BCUT2D eigenvalue weighted by molar-refractivity contribution is -0.120. The third kappa shape index (κ3) is 4.86. The van der Waals surface area contributed by atoms with Gasteiger partial charge in [0.1, 0.15) is 0 Å². The predicted molar refractivity (Wildman–Crippen MR) is 104 cm³/mol. The largest absolute Gasteiger partial charge is 0.494 e. The lowest BCUT2D eigenvalue weighted by atomic mass is 9.98. The summed E-state index contributed by atoms with van der Waals surface area (Å²) in [4.78, 5) is 14.7. The van der Waals surface area contributed by atoms with E-state index in [1.165, 1.54) is 24.3 Å². The van der Waals surface area contributed by atoms with Crippen molar-refractivity contribution in [2.24, 2.45) is 0 Å². The molecule has 27 heavy (non-hydrogen) atoms. The SMILES string of the molecule is CCC(CNC(=O)Cc1ccc(OC)c(F)c1)N1CCc2ccccc2C1. The molecule has 0 saturated heterocycles. The molecule has 3 rings (SSSR count). The van der Waals surface area contributed by atoms with E-state index in [-0.39, 0.29) is 18.1 Å². The van der Waals surface area contributed by atoms with E-state index in [0.717, 1.165) is 25.9 Å². The maximum absolute atomic E-state index is 13.8. The summed E-state index contributed by atoms with van der Waals surface area (Å²) in [5, 5.41) is 3.02. The minimum Gasteiger partial charge on any atom is -0.494 e. The molecule has 1 amide bonds. The maximum atomic E-state index is 13.8. The van der Waals surface area contributed by atoms with Crippen molar-refractivity contribution in [3.8, 4) is 5.75 Å². The first-order valence-electron chi connectivity index (χ1n) is 9.50. The fraction of sp³-hybridized carbons (Fsp3) is 0.409. The molecule has 1 N–H and O–H groups in total. The lowest BCUT2D eigenvalue weighted by Gasteiger charge is -2.35. The monoisotopic (exact) mass is 370 g/mol. The Balaban J connectivity index is 1.53. The highest BCUT2D eigenvalue weighted by Crippen LogP contribution is 2.21. The minimum atomic E-state index is -0.443. The van der Waals surface area contributed by atoms with Crippen molar-refractivity contribution in [3.05, 3.63) is 65.0 Å². The lowest BCUT2D eigenvalue weighted by Crippen LogP contribution is -2.46. The van der Waals surface area contributed by atoms with E-state index in [2.05, 4.69) is 41.4 Å². The molecule has 0 spiro atoms. The number of rotatable bonds is 7. The van der Waals surface area contributed by atoms with E-state index >= 15 is 0 Å². The summed E-state index contributed by atoms with van der Waals surface area (Å²) in [6.45, 7) is 4.69. The molecule has 0 fully saturated rings. The van der Waals surface area contributed by atoms with E-state index in [1.54, 1.807) is 12.1 Å². The van der Waals surface area contributed by atoms with Crippen molar-refractivity contribution in [2.45, 2.75) is 38.8 Å². The average Bonchev–Trinajstić information content (AvgIpc) is 2.68. The van der Waals surface area contributed by atoms with Crippen LogP contribution in [0.4, 0.5) is 4.39 Å². The minimum absolute atomic E-state index is 0.0876. The molecule has 0 saturated carbocycles. The summed E-state index contributed by atoms with van der Waals surface area (Å²) in [5.41, 5.74) is 3.45. The van der Waals surface area contributed by atoms with Crippen molar-refractivity contribution < 1.29 is 13.9 Å². The molecule has 0 aliphatic carbocycles. The van der Waals surface area contributed by atoms with Crippen LogP contribution in [0.15, 0.2) is 42.5 Å². The standard InChI is InChI=1S/C22H27FN2O2/c1-3-19(25-11-10-17-6-4-5-7-18(17)15-25)14-24-22(26)13-16-8-9-21(27-2)20(23)12-16/h4-9,12,19H,3,10-11,13-15H2,1-2H3,(H,24,26). The average molecular weight is 370 g/mol. The topological polar surface area (TPSA) is 41.6 Å². The van der Waals surface area contributed by atoms with Gasteiger partial charge in [0.25, 0.3) is 0 Å². The second-order valence-electron chi connectivity index (χ2n) is 7.00. The summed E-state index contributed by atoms with van der Waals surface area (Å²) < 4.78 is 18.7. The van der Waals surface area contributed by atoms with Crippen LogP contribution in [0.5, 0.6) is 5.75 Å². The predicted octanol–water partition coefficient (Wildman–Crippen LogP) is 3.33. The molecule has 2 aromatic rings. The van der Waals surface area contributed by atoms with E-state index < -0.39 is 5.82 Å². The molecule has 1 unspecified atom stereocenters. The molecule has 1 aliphatic rings. The van der Waals surface area contributed by atoms with Crippen molar-refractivity contribution in [2.75, 3.05) is 20.2 Å². The molecule has 4 nitrogen and oxygen atoms in total. The molecular formula is C22H27FN2O2. The number of amides is 1. The number of benzene rings is 2. The first-order chi connectivity index (χ1) is 13.1. The summed E-state index contributed by atoms with van der Waals surface area (Å²) in [6, 6.07) is 13.5. The van der Waals surface area contributed by atoms with Gasteiger partial charge in [-0.2, -0.15) is 0 Å². The number of methoxy groups -OCH3 is 1. The first kappa shape index (κ1) is 19.4. The van der Waals surface area contributed by atoms with Gasteiger partial charge in [-0.05, 0) is 41.7 Å². The highest BCUT2D eigenvalue weighted by Gasteiger charge is 2.22. The second kappa shape index (κ2) is 9.00. The van der Waals surface area contributed by atoms with Crippen LogP contribution in [0.25, 0.3) is 0 Å². The van der Waals surface area contributed by atoms with Gasteiger partial charge in [0, 0.05) is 25.7 Å². The number of halogens is 1. The fourth-order valence-corrected chi connectivity index (χ4v) is 3.66. The van der Waals surface area contributed by atoms with Crippen molar-refractivity contribution in [3.63, 3.8) is 0 Å². The molecule has 144 valence electrons. The molecule has 0 bridgehead atoms. The number of hydrogen-bond acceptors (Lipinski definition) is 3. The van der Waals surface area contributed by atoms with Gasteiger partial charge in [0.2, 0.25) is 5.91 Å². The van der Waals surface area contributed by atoms with Crippen LogP contribution >= 0.6 is 0 Å². The Morgan fingerprint density at radius 1 is 1.26 bits per heavy atom. The number of nitrogens with one attached hydrogen (secondary N) is 1. The Labute approximate surface area is 160 Å². The number of hydrogen-bond donors (Lipinski definition) is 1. The summed E-state index contributed by atoms with van der Waals surface area (Å²) in [6.07, 6.45) is 2.19. The Morgan fingerprint density at radius 3 is 2.74 bits per heavy atom. The van der Waals surface area contributed by atoms with Crippen LogP contribution in [0.1, 0.15) is 30.0 Å². The summed E-state index contributed by atoms with van der Waals surface area (Å²) in [7, 11) is 1.43. The molecule has 0 aromatic heterocycles. The van der Waals surface area contributed by atoms with Crippen LogP contribution in [0.2, 0.25) is 0 Å². The molecule has 5 heteroatoms. The van der Waals surface area contributed by atoms with Gasteiger partial charge in [-0.15, -0.1) is 0 Å². The third-order valence-corrected chi connectivity index (χ3v) is 5.26. The van der Waals surface area contributed by atoms with Gasteiger partial charge in [-0.1, -0.05) is 37.3 Å². The van der Waals surface area contributed by atoms with Crippen LogP contribution in [0, 0.1) is 5.82 Å². The molecule has 0 radical (unpaired) electrons. The Morgan fingerprint density at radius 2 is 2.04 bits per heavy atom. The molecule has 2 aromatic carbocycles. The molecule has 1 heterocycles. The number of fused-ring (bicyclic) bond motifs is 1. The number of ether oxygens (including phenoxy) is 1. The van der Waals surface area contributed by atoms with Gasteiger partial charge < -0.3 is 10.1 Å². The first-order valence-corrected chi connectivity index (χ1v) is 9.50. The second-order valence-corrected chi connectivity index (χ2v) is 7.00. The van der Waals surface area contributed by atoms with Gasteiger partial charge in [0.15, 0.2) is 11.6 Å². The van der Waals surface area contributed by atoms with Crippen LogP contribution in [-0.4, -0.2) is 37.0 Å². The smallest absolute Gasteiger partial charge is 0.224 e. The van der Waals surface area contributed by atoms with E-state index in [4.69, 9.17) is 4.74 Å². The third-order valence-electron chi connectivity index (χ3n) is 5.26. The summed E-state index contributed by atoms with van der Waals surface area (Å²) in [5.74, 6) is -0.341. The quantitative estimate of drug-likeness (QED) is 0.813. The Kier molecular flexibility index (Phi) is 6.45. The Hall–Kier alpha value is -2.40. The van der Waals surface area contributed by atoms with E-state index in [1.807, 2.05) is 0 Å². The number of carbonyl (C=O) groups excluding carboxylic acids is 1. The van der Waals surface area contributed by atoms with Crippen molar-refractivity contribution in [1.29, 1.82) is 0 Å². The van der Waals surface area contributed by atoms with Crippen LogP contribution in [0.3, 0.4) is 0 Å². The molecule has 1 aliphatic heterocycles. The normalized spacial score (nSPS) is 15.1. The Bertz CT molecular complexity index is 794. The summed E-state index contributed by atoms with van der Waals surface area (Å²) >= 11 is 0. The zero-order valence-corrected chi connectivity index (χ0v) is 16.0. The van der Waals surface area contributed by atoms with Crippen molar-refractivity contribution >= 4 is 5.91 Å². The highest BCUT2D eigenvalue weighted by molar-refractivity contribution is 5.78. The maximum Gasteiger partial charge on any atom is 0.224 e. The number of nitrogens with zero attached hydrogens (tertiary/aromatic N) is 1. The van der Waals surface area contributed by atoms with Gasteiger partial charge in [-0.3, -0.25) is 9.69 Å². The molecule has 1 atom stereocenters. The van der Waals surface area contributed by atoms with Crippen molar-refractivity contribution in [1.82, 2.24) is 10.2 Å². The number of carbonyl (C=O) groups is 1. The van der Waals surface area contributed by atoms with Crippen LogP contribution < -0.4 is 10.1 Å². The van der Waals surface area contributed by atoms with Crippen LogP contribution in [-0.2, 0) is 24.2 Å². The highest BCUT2D eigenvalue weighted by atomic mass is 19.1. The fourth-order valence-electron chi connectivity index (χ4n) is 3.66. The van der Waals surface area contributed by atoms with E-state index in [0.29, 0.717) is 18.2 Å². The zero-order chi connectivity index (χ0) is 19.2. The molecular weight excluding hydrogens is 343 g/mol. The van der Waals surface area contributed by atoms with Gasteiger partial charge >= 0.3 is 0 Å². The van der Waals surface area contributed by atoms with Gasteiger partial charge in [-0.25, -0.2) is 4.39 Å². The van der Waals surface area contributed by atoms with E-state index in [9.17, 15) is 9.18 Å². The zero-order valence-electron chi connectivity index (χ0n) is 16.0.